The number of carbonyl (C=O) groups is 1. The van der Waals surface area contributed by atoms with E-state index in [1.54, 1.807) is 36.0 Å². The number of thioether (sulfide) groups is 1. The summed E-state index contributed by atoms with van der Waals surface area (Å²) in [6, 6.07) is 6.96. The molecule has 0 unspecified atom stereocenters. The minimum atomic E-state index is -0.445. The molecule has 1 heterocycles. The summed E-state index contributed by atoms with van der Waals surface area (Å²) in [5.74, 6) is 0.593. The molecule has 140 valence electrons. The van der Waals surface area contributed by atoms with E-state index in [1.807, 2.05) is 13.2 Å². The minimum Gasteiger partial charge on any atom is -0.361 e. The Kier molecular flexibility index (Phi) is 7.86. The second-order valence-electron chi connectivity index (χ2n) is 5.60. The van der Waals surface area contributed by atoms with E-state index < -0.39 is 5.91 Å². The number of nitrogens with one attached hydrogen (secondary N) is 3. The van der Waals surface area contributed by atoms with Gasteiger partial charge in [-0.1, -0.05) is 25.1 Å². The Balaban J connectivity index is 2.13. The summed E-state index contributed by atoms with van der Waals surface area (Å²) in [7, 11) is 0. The fourth-order valence-electron chi connectivity index (χ4n) is 2.40. The van der Waals surface area contributed by atoms with Gasteiger partial charge in [0.1, 0.15) is 0 Å². The molecular weight excluding hydrogens is 370 g/mol. The molecule has 2 rings (SSSR count). The predicted molar refractivity (Wildman–Crippen MR) is 110 cm³/mol. The number of benzene rings is 1. The second kappa shape index (κ2) is 10.1. The number of thiocarbonyl (C=S) groups is 1. The molecule has 0 radical (unpaired) electrons. The highest BCUT2D eigenvalue weighted by atomic mass is 32.2. The summed E-state index contributed by atoms with van der Waals surface area (Å²) in [5, 5.41) is 8.59. The highest BCUT2D eigenvalue weighted by Crippen LogP contribution is 2.13. The number of aryl methyl sites for hydroxylation is 1. The Morgan fingerprint density at radius 3 is 2.69 bits per heavy atom. The summed E-state index contributed by atoms with van der Waals surface area (Å²) in [6.07, 6.45) is 3.77. The molecule has 26 heavy (non-hydrogen) atoms. The van der Waals surface area contributed by atoms with Crippen molar-refractivity contribution in [3.8, 4) is 0 Å². The second-order valence-corrected chi connectivity index (χ2v) is 7.00. The number of carbonyl (C=O) groups excluding carboxylic acids is 1. The van der Waals surface area contributed by atoms with Crippen LogP contribution in [0.3, 0.4) is 0 Å². The van der Waals surface area contributed by atoms with Gasteiger partial charge in [-0.2, -0.15) is 16.9 Å². The van der Waals surface area contributed by atoms with E-state index in [0.29, 0.717) is 22.4 Å². The highest BCUT2D eigenvalue weighted by molar-refractivity contribution is 7.98. The summed E-state index contributed by atoms with van der Waals surface area (Å²) in [6.45, 7) is 3.13. The first-order valence-corrected chi connectivity index (χ1v) is 10.2. The first kappa shape index (κ1) is 20.2. The molecule has 0 aliphatic carbocycles. The van der Waals surface area contributed by atoms with Gasteiger partial charge in [0.15, 0.2) is 10.8 Å². The van der Waals surface area contributed by atoms with Crippen molar-refractivity contribution in [2.75, 3.05) is 18.6 Å². The molecule has 0 saturated carbocycles. The van der Waals surface area contributed by atoms with Gasteiger partial charge in [0, 0.05) is 18.5 Å². The summed E-state index contributed by atoms with van der Waals surface area (Å²) in [4.78, 5) is 25.0. The monoisotopic (exact) mass is 393 g/mol. The molecule has 0 fully saturated rings. The van der Waals surface area contributed by atoms with Crippen molar-refractivity contribution in [1.29, 1.82) is 0 Å². The molecule has 1 aromatic carbocycles. The molecule has 9 heteroatoms. The molecule has 3 N–H and O–H groups in total. The van der Waals surface area contributed by atoms with E-state index in [4.69, 9.17) is 12.2 Å². The Bertz CT molecular complexity index is 838. The van der Waals surface area contributed by atoms with Crippen LogP contribution in [-0.2, 0) is 6.54 Å². The van der Waals surface area contributed by atoms with Gasteiger partial charge in [-0.05, 0) is 43.1 Å². The molecule has 7 nitrogen and oxygen atoms in total. The van der Waals surface area contributed by atoms with Crippen molar-refractivity contribution in [3.63, 3.8) is 0 Å². The number of hydrogen-bond donors (Lipinski definition) is 3. The minimum absolute atomic E-state index is 0.186. The van der Waals surface area contributed by atoms with Crippen LogP contribution in [0.2, 0.25) is 0 Å². The van der Waals surface area contributed by atoms with Crippen LogP contribution in [0.1, 0.15) is 30.3 Å². The third kappa shape index (κ3) is 5.18. The van der Waals surface area contributed by atoms with Crippen molar-refractivity contribution in [3.05, 3.63) is 40.3 Å². The maximum absolute atomic E-state index is 12.6. The average Bonchev–Trinajstić information content (AvgIpc) is 2.65. The average molecular weight is 394 g/mol. The molecule has 0 aliphatic rings. The van der Waals surface area contributed by atoms with Crippen molar-refractivity contribution < 1.29 is 4.79 Å². The number of aromatic nitrogens is 2. The molecule has 0 bridgehead atoms. The Morgan fingerprint density at radius 2 is 2.00 bits per heavy atom. The molecule has 1 amide bonds. The Hall–Kier alpha value is -2.13. The largest absolute Gasteiger partial charge is 0.361 e. The third-order valence-corrected chi connectivity index (χ3v) is 4.56. The molecule has 1 aromatic heterocycles. The van der Waals surface area contributed by atoms with Gasteiger partial charge in [0.2, 0.25) is 0 Å². The lowest BCUT2D eigenvalue weighted by molar-refractivity contribution is 0.0938. The fourth-order valence-corrected chi connectivity index (χ4v) is 2.99. The lowest BCUT2D eigenvalue weighted by Gasteiger charge is -2.13. The van der Waals surface area contributed by atoms with Crippen LogP contribution in [0.4, 0.5) is 0 Å². The first-order chi connectivity index (χ1) is 12.6. The van der Waals surface area contributed by atoms with E-state index in [1.165, 1.54) is 4.68 Å². The number of amides is 1. The van der Waals surface area contributed by atoms with Crippen molar-refractivity contribution in [2.45, 2.75) is 26.3 Å². The zero-order chi connectivity index (χ0) is 18.9. The van der Waals surface area contributed by atoms with E-state index in [9.17, 15) is 9.59 Å². The van der Waals surface area contributed by atoms with Crippen molar-refractivity contribution in [2.24, 2.45) is 0 Å². The zero-order valence-electron chi connectivity index (χ0n) is 14.9. The number of fused-ring (bicyclic) bond motifs is 1. The summed E-state index contributed by atoms with van der Waals surface area (Å²) < 4.78 is 1.33. The summed E-state index contributed by atoms with van der Waals surface area (Å²) in [5.41, 5.74) is 5.21. The lowest BCUT2D eigenvalue weighted by atomic mass is 10.1. The lowest BCUT2D eigenvalue weighted by Crippen LogP contribution is -2.47. The predicted octanol–water partition coefficient (Wildman–Crippen LogP) is 1.67. The number of nitrogens with zero attached hydrogens (tertiary/aromatic N) is 2. The van der Waals surface area contributed by atoms with E-state index in [2.05, 4.69) is 21.3 Å². The maximum atomic E-state index is 12.6. The smallest absolute Gasteiger partial charge is 0.290 e. The summed E-state index contributed by atoms with van der Waals surface area (Å²) >= 11 is 6.90. The third-order valence-electron chi connectivity index (χ3n) is 3.62. The van der Waals surface area contributed by atoms with Crippen molar-refractivity contribution in [1.82, 2.24) is 25.9 Å². The van der Waals surface area contributed by atoms with E-state index in [0.717, 1.165) is 25.1 Å². The van der Waals surface area contributed by atoms with Crippen LogP contribution in [0, 0.1) is 0 Å². The van der Waals surface area contributed by atoms with Crippen LogP contribution in [-0.4, -0.2) is 39.4 Å². The van der Waals surface area contributed by atoms with E-state index >= 15 is 0 Å². The Morgan fingerprint density at radius 1 is 1.27 bits per heavy atom. The first-order valence-electron chi connectivity index (χ1n) is 8.41. The normalized spacial score (nSPS) is 10.5. The van der Waals surface area contributed by atoms with Crippen LogP contribution < -0.4 is 21.7 Å². The van der Waals surface area contributed by atoms with E-state index in [-0.39, 0.29) is 11.3 Å². The Labute approximate surface area is 161 Å². The zero-order valence-corrected chi connectivity index (χ0v) is 16.5. The van der Waals surface area contributed by atoms with Gasteiger partial charge < -0.3 is 5.32 Å². The molecule has 0 spiro atoms. The van der Waals surface area contributed by atoms with Crippen LogP contribution in [0.25, 0.3) is 10.8 Å². The van der Waals surface area contributed by atoms with Gasteiger partial charge in [0.25, 0.3) is 11.5 Å². The van der Waals surface area contributed by atoms with Crippen molar-refractivity contribution >= 4 is 45.8 Å². The van der Waals surface area contributed by atoms with Gasteiger partial charge in [-0.25, -0.2) is 4.68 Å². The molecule has 0 aliphatic heterocycles. The number of hydrazine groups is 1. The highest BCUT2D eigenvalue weighted by Gasteiger charge is 2.16. The van der Waals surface area contributed by atoms with Gasteiger partial charge in [-0.3, -0.25) is 20.4 Å². The standard InChI is InChI=1S/C17H23N5O2S2/c1-3-10-22-16(24)13-8-5-4-7-12(13)14(21-22)15(23)19-20-17(25)18-9-6-11-26-2/h4-5,7-8H,3,6,9-11H2,1-2H3,(H,19,23)(H2,18,20,25). The maximum Gasteiger partial charge on any atom is 0.290 e. The van der Waals surface area contributed by atoms with Crippen LogP contribution in [0.5, 0.6) is 0 Å². The van der Waals surface area contributed by atoms with Gasteiger partial charge in [-0.15, -0.1) is 0 Å². The number of hydrogen-bond acceptors (Lipinski definition) is 5. The molecular formula is C17H23N5O2S2. The molecule has 2 aromatic rings. The number of rotatable bonds is 7. The fraction of sp³-hybridized carbons (Fsp3) is 0.412. The van der Waals surface area contributed by atoms with Gasteiger partial charge >= 0.3 is 0 Å². The van der Waals surface area contributed by atoms with Crippen LogP contribution >= 0.6 is 24.0 Å². The molecule has 0 atom stereocenters. The van der Waals surface area contributed by atoms with Gasteiger partial charge in [0.05, 0.1) is 5.39 Å². The quantitative estimate of drug-likeness (QED) is 0.375. The molecule has 0 saturated heterocycles. The topological polar surface area (TPSA) is 88.1 Å². The van der Waals surface area contributed by atoms with Crippen LogP contribution in [0.15, 0.2) is 29.1 Å². The SMILES string of the molecule is CCCn1nc(C(=O)NNC(=S)NCCCSC)c2ccccc2c1=O.